The van der Waals surface area contributed by atoms with Crippen LogP contribution in [0.4, 0.5) is 0 Å². The molecule has 2 rings (SSSR count). The number of aliphatic hydroxyl groups is 1. The number of amides is 1. The summed E-state index contributed by atoms with van der Waals surface area (Å²) in [6, 6.07) is 1.88. The third-order valence-corrected chi connectivity index (χ3v) is 4.02. The van der Waals surface area contributed by atoms with Crippen LogP contribution in [0.1, 0.15) is 49.4 Å². The molecule has 1 unspecified atom stereocenters. The van der Waals surface area contributed by atoms with Crippen LogP contribution in [0.3, 0.4) is 0 Å². The van der Waals surface area contributed by atoms with E-state index in [4.69, 9.17) is 4.52 Å². The molecule has 1 aliphatic rings. The Labute approximate surface area is 125 Å². The maximum absolute atomic E-state index is 12.5. The summed E-state index contributed by atoms with van der Waals surface area (Å²) in [7, 11) is 0. The molecule has 1 atom stereocenters. The van der Waals surface area contributed by atoms with E-state index in [0.717, 1.165) is 31.8 Å². The quantitative estimate of drug-likeness (QED) is 0.907. The lowest BCUT2D eigenvalue weighted by Gasteiger charge is -2.26. The summed E-state index contributed by atoms with van der Waals surface area (Å²) in [5.41, 5.74) is 0.391. The van der Waals surface area contributed by atoms with Crippen molar-refractivity contribution in [2.45, 2.75) is 39.2 Å². The van der Waals surface area contributed by atoms with Crippen LogP contribution < -0.4 is 0 Å². The SMILES string of the molecule is CC(C)c1cc(C(=O)N2CCCN(C(C)CO)CC2)no1. The van der Waals surface area contributed by atoms with Gasteiger partial charge < -0.3 is 14.5 Å². The maximum atomic E-state index is 12.5. The van der Waals surface area contributed by atoms with Crippen molar-refractivity contribution in [1.29, 1.82) is 0 Å². The molecule has 0 spiro atoms. The van der Waals surface area contributed by atoms with Gasteiger partial charge in [-0.15, -0.1) is 0 Å². The topological polar surface area (TPSA) is 69.8 Å². The number of carbonyl (C=O) groups excluding carboxylic acids is 1. The largest absolute Gasteiger partial charge is 0.395 e. The van der Waals surface area contributed by atoms with Crippen molar-refractivity contribution in [3.63, 3.8) is 0 Å². The van der Waals surface area contributed by atoms with E-state index in [-0.39, 0.29) is 24.5 Å². The molecule has 1 aromatic heterocycles. The molecule has 0 saturated carbocycles. The fourth-order valence-corrected chi connectivity index (χ4v) is 2.52. The van der Waals surface area contributed by atoms with Gasteiger partial charge in [-0.3, -0.25) is 9.69 Å². The van der Waals surface area contributed by atoms with Crippen LogP contribution >= 0.6 is 0 Å². The number of hydrogen-bond donors (Lipinski definition) is 1. The van der Waals surface area contributed by atoms with Gasteiger partial charge in [-0.2, -0.15) is 0 Å². The molecule has 1 amide bonds. The molecule has 1 fully saturated rings. The zero-order valence-electron chi connectivity index (χ0n) is 13.1. The molecule has 0 aromatic carbocycles. The summed E-state index contributed by atoms with van der Waals surface area (Å²) in [6.45, 7) is 9.23. The Kier molecular flexibility index (Phi) is 5.36. The Morgan fingerprint density at radius 1 is 1.33 bits per heavy atom. The second kappa shape index (κ2) is 7.04. The van der Waals surface area contributed by atoms with Gasteiger partial charge in [-0.05, 0) is 13.3 Å². The molecule has 1 aliphatic heterocycles. The normalized spacial score (nSPS) is 18.8. The van der Waals surface area contributed by atoms with Gasteiger partial charge in [0.2, 0.25) is 0 Å². The van der Waals surface area contributed by atoms with Crippen molar-refractivity contribution >= 4 is 5.91 Å². The molecule has 0 bridgehead atoms. The first-order chi connectivity index (χ1) is 10.0. The second-order valence-electron chi connectivity index (χ2n) is 5.98. The highest BCUT2D eigenvalue weighted by Gasteiger charge is 2.24. The van der Waals surface area contributed by atoms with E-state index < -0.39 is 0 Å². The van der Waals surface area contributed by atoms with Crippen molar-refractivity contribution in [1.82, 2.24) is 15.0 Å². The summed E-state index contributed by atoms with van der Waals surface area (Å²) < 4.78 is 5.21. The summed E-state index contributed by atoms with van der Waals surface area (Å²) in [5, 5.41) is 13.1. The molecule has 2 heterocycles. The monoisotopic (exact) mass is 295 g/mol. The average molecular weight is 295 g/mol. The minimum atomic E-state index is -0.0656. The Morgan fingerprint density at radius 3 is 2.71 bits per heavy atom. The zero-order valence-corrected chi connectivity index (χ0v) is 13.1. The van der Waals surface area contributed by atoms with Crippen molar-refractivity contribution in [2.75, 3.05) is 32.8 Å². The maximum Gasteiger partial charge on any atom is 0.276 e. The summed E-state index contributed by atoms with van der Waals surface area (Å²) >= 11 is 0. The molecule has 6 nitrogen and oxygen atoms in total. The van der Waals surface area contributed by atoms with Gasteiger partial charge in [0.25, 0.3) is 5.91 Å². The van der Waals surface area contributed by atoms with Gasteiger partial charge in [-0.25, -0.2) is 0 Å². The third-order valence-electron chi connectivity index (χ3n) is 4.02. The van der Waals surface area contributed by atoms with E-state index in [0.29, 0.717) is 12.2 Å². The van der Waals surface area contributed by atoms with Crippen LogP contribution in [0, 0.1) is 0 Å². The summed E-state index contributed by atoms with van der Waals surface area (Å²) in [6.07, 6.45) is 0.908. The molecular formula is C15H25N3O3. The molecule has 0 aliphatic carbocycles. The number of hydrogen-bond acceptors (Lipinski definition) is 5. The van der Waals surface area contributed by atoms with Gasteiger partial charge in [0, 0.05) is 44.2 Å². The van der Waals surface area contributed by atoms with Gasteiger partial charge in [0.05, 0.1) is 6.61 Å². The fourth-order valence-electron chi connectivity index (χ4n) is 2.52. The standard InChI is InChI=1S/C15H25N3O3/c1-11(2)14-9-13(16-21-14)15(20)18-6-4-5-17(7-8-18)12(3)10-19/h9,11-12,19H,4-8,10H2,1-3H3. The van der Waals surface area contributed by atoms with E-state index >= 15 is 0 Å². The van der Waals surface area contributed by atoms with Crippen LogP contribution in [-0.2, 0) is 0 Å². The van der Waals surface area contributed by atoms with Crippen LogP contribution in [-0.4, -0.2) is 64.8 Å². The number of aliphatic hydroxyl groups excluding tert-OH is 1. The number of aromatic nitrogens is 1. The first kappa shape index (κ1) is 16.0. The van der Waals surface area contributed by atoms with Crippen LogP contribution in [0.15, 0.2) is 10.6 Å². The Hall–Kier alpha value is -1.40. The highest BCUT2D eigenvalue weighted by molar-refractivity contribution is 5.92. The van der Waals surface area contributed by atoms with Crippen molar-refractivity contribution < 1.29 is 14.4 Å². The van der Waals surface area contributed by atoms with E-state index in [1.807, 2.05) is 25.7 Å². The van der Waals surface area contributed by atoms with E-state index in [1.54, 1.807) is 6.07 Å². The molecule has 1 saturated heterocycles. The third kappa shape index (κ3) is 3.83. The molecular weight excluding hydrogens is 270 g/mol. The van der Waals surface area contributed by atoms with Gasteiger partial charge in [0.1, 0.15) is 5.76 Å². The smallest absolute Gasteiger partial charge is 0.276 e. The lowest BCUT2D eigenvalue weighted by Crippen LogP contribution is -2.39. The van der Waals surface area contributed by atoms with Crippen LogP contribution in [0.5, 0.6) is 0 Å². The summed E-state index contributed by atoms with van der Waals surface area (Å²) in [4.78, 5) is 16.5. The first-order valence-corrected chi connectivity index (χ1v) is 7.63. The van der Waals surface area contributed by atoms with E-state index in [2.05, 4.69) is 10.1 Å². The number of carbonyl (C=O) groups is 1. The van der Waals surface area contributed by atoms with Crippen LogP contribution in [0.25, 0.3) is 0 Å². The first-order valence-electron chi connectivity index (χ1n) is 7.63. The Balaban J connectivity index is 1.99. The average Bonchev–Trinajstić information content (AvgIpc) is 2.84. The predicted octanol–water partition coefficient (Wildman–Crippen LogP) is 1.33. The fraction of sp³-hybridized carbons (Fsp3) is 0.733. The Bertz CT molecular complexity index is 472. The van der Waals surface area contributed by atoms with Gasteiger partial charge in [-0.1, -0.05) is 19.0 Å². The summed E-state index contributed by atoms with van der Waals surface area (Å²) in [5.74, 6) is 0.900. The molecule has 118 valence electrons. The second-order valence-corrected chi connectivity index (χ2v) is 5.98. The molecule has 1 aromatic rings. The minimum Gasteiger partial charge on any atom is -0.395 e. The van der Waals surface area contributed by atoms with Crippen molar-refractivity contribution in [3.05, 3.63) is 17.5 Å². The van der Waals surface area contributed by atoms with Crippen molar-refractivity contribution in [2.24, 2.45) is 0 Å². The highest BCUT2D eigenvalue weighted by atomic mass is 16.5. The zero-order chi connectivity index (χ0) is 15.4. The lowest BCUT2D eigenvalue weighted by molar-refractivity contribution is 0.0743. The predicted molar refractivity (Wildman–Crippen MR) is 79.2 cm³/mol. The van der Waals surface area contributed by atoms with Crippen LogP contribution in [0.2, 0.25) is 0 Å². The molecule has 1 N–H and O–H groups in total. The van der Waals surface area contributed by atoms with E-state index in [1.165, 1.54) is 0 Å². The number of nitrogens with zero attached hydrogens (tertiary/aromatic N) is 3. The van der Waals surface area contributed by atoms with E-state index in [9.17, 15) is 9.90 Å². The van der Waals surface area contributed by atoms with Gasteiger partial charge in [0.15, 0.2) is 5.69 Å². The highest BCUT2D eigenvalue weighted by Crippen LogP contribution is 2.17. The van der Waals surface area contributed by atoms with Crippen molar-refractivity contribution in [3.8, 4) is 0 Å². The molecule has 0 radical (unpaired) electrons. The molecule has 21 heavy (non-hydrogen) atoms. The molecule has 6 heteroatoms. The van der Waals surface area contributed by atoms with Gasteiger partial charge >= 0.3 is 0 Å². The minimum absolute atomic E-state index is 0.0656. The lowest BCUT2D eigenvalue weighted by atomic mass is 10.1. The number of rotatable bonds is 4. The Morgan fingerprint density at radius 2 is 2.10 bits per heavy atom.